The fourth-order valence-corrected chi connectivity index (χ4v) is 2.45. The van der Waals surface area contributed by atoms with Crippen LogP contribution in [0.1, 0.15) is 0 Å². The molecule has 0 aliphatic rings. The molecule has 0 aromatic heterocycles. The standard InChI is InChI=1S/C7H7Cl3N2O2S/c8-7(9,10)15(13,14)4-1-2-5(11)6(12)3-4/h1-3H,11-12H2. The van der Waals surface area contributed by atoms with Crippen LogP contribution in [0.3, 0.4) is 0 Å². The largest absolute Gasteiger partial charge is 0.397 e. The molecule has 0 aliphatic heterocycles. The molecule has 0 aliphatic carbocycles. The highest BCUT2D eigenvalue weighted by atomic mass is 35.6. The van der Waals surface area contributed by atoms with Crippen molar-refractivity contribution < 1.29 is 8.42 Å². The third-order valence-electron chi connectivity index (χ3n) is 1.67. The number of nitrogen functional groups attached to an aromatic ring is 2. The number of rotatable bonds is 1. The highest BCUT2D eigenvalue weighted by Crippen LogP contribution is 2.38. The predicted octanol–water partition coefficient (Wildman–Crippen LogP) is 1.95. The molecule has 0 unspecified atom stereocenters. The normalized spacial score (nSPS) is 12.7. The van der Waals surface area contributed by atoms with Crippen LogP contribution in [-0.2, 0) is 9.84 Å². The minimum Gasteiger partial charge on any atom is -0.397 e. The lowest BCUT2D eigenvalue weighted by molar-refractivity contribution is 0.596. The van der Waals surface area contributed by atoms with Crippen LogP contribution in [0.5, 0.6) is 0 Å². The lowest BCUT2D eigenvalue weighted by Gasteiger charge is -2.13. The van der Waals surface area contributed by atoms with E-state index in [1.54, 1.807) is 0 Å². The Balaban J connectivity index is 3.36. The molecule has 84 valence electrons. The van der Waals surface area contributed by atoms with Crippen molar-refractivity contribution in [2.24, 2.45) is 0 Å². The molecule has 1 aromatic carbocycles. The van der Waals surface area contributed by atoms with Gasteiger partial charge in [0.1, 0.15) is 0 Å². The number of anilines is 2. The van der Waals surface area contributed by atoms with Crippen molar-refractivity contribution in [2.75, 3.05) is 11.5 Å². The average molecular weight is 290 g/mol. The molecule has 0 amide bonds. The van der Waals surface area contributed by atoms with Gasteiger partial charge < -0.3 is 11.5 Å². The van der Waals surface area contributed by atoms with E-state index >= 15 is 0 Å². The summed E-state index contributed by atoms with van der Waals surface area (Å²) in [6, 6.07) is 3.70. The van der Waals surface area contributed by atoms with E-state index in [1.807, 2.05) is 0 Å². The topological polar surface area (TPSA) is 86.2 Å². The molecular weight excluding hydrogens is 283 g/mol. The second-order valence-electron chi connectivity index (χ2n) is 2.74. The minimum atomic E-state index is -4.05. The zero-order valence-electron chi connectivity index (χ0n) is 7.25. The van der Waals surface area contributed by atoms with Gasteiger partial charge in [-0.1, -0.05) is 34.8 Å². The number of halogens is 3. The van der Waals surface area contributed by atoms with E-state index in [4.69, 9.17) is 46.3 Å². The van der Waals surface area contributed by atoms with E-state index in [0.29, 0.717) is 0 Å². The third-order valence-corrected chi connectivity index (χ3v) is 4.99. The van der Waals surface area contributed by atoms with Gasteiger partial charge in [0.2, 0.25) is 9.84 Å². The molecule has 1 rings (SSSR count). The predicted molar refractivity (Wildman–Crippen MR) is 62.7 cm³/mol. The van der Waals surface area contributed by atoms with Gasteiger partial charge in [-0.2, -0.15) is 0 Å². The molecule has 4 N–H and O–H groups in total. The molecule has 0 radical (unpaired) electrons. The summed E-state index contributed by atoms with van der Waals surface area (Å²) in [5, 5.41) is 0. The lowest BCUT2D eigenvalue weighted by Crippen LogP contribution is -2.19. The third kappa shape index (κ3) is 2.42. The first kappa shape index (κ1) is 12.7. The first-order valence-corrected chi connectivity index (χ1v) is 6.24. The molecule has 15 heavy (non-hydrogen) atoms. The van der Waals surface area contributed by atoms with Gasteiger partial charge in [0, 0.05) is 0 Å². The Hall–Kier alpha value is -0.360. The number of hydrogen-bond acceptors (Lipinski definition) is 4. The molecule has 0 heterocycles. The molecule has 0 saturated heterocycles. The van der Waals surface area contributed by atoms with Crippen molar-refractivity contribution in [2.45, 2.75) is 8.02 Å². The van der Waals surface area contributed by atoms with E-state index in [-0.39, 0.29) is 16.3 Å². The second-order valence-corrected chi connectivity index (χ2v) is 7.78. The van der Waals surface area contributed by atoms with Crippen LogP contribution in [0, 0.1) is 0 Å². The fraction of sp³-hybridized carbons (Fsp3) is 0.143. The summed E-state index contributed by atoms with van der Waals surface area (Å²) in [7, 11) is -4.05. The number of benzene rings is 1. The number of hydrogen-bond donors (Lipinski definition) is 2. The van der Waals surface area contributed by atoms with Gasteiger partial charge in [0.25, 0.3) is 3.12 Å². The Labute approximate surface area is 102 Å². The van der Waals surface area contributed by atoms with Crippen LogP contribution in [0.15, 0.2) is 23.1 Å². The fourth-order valence-electron chi connectivity index (χ4n) is 0.854. The smallest absolute Gasteiger partial charge is 0.296 e. The molecule has 0 bridgehead atoms. The Morgan fingerprint density at radius 2 is 1.60 bits per heavy atom. The van der Waals surface area contributed by atoms with Crippen LogP contribution in [0.4, 0.5) is 11.4 Å². The maximum atomic E-state index is 11.6. The summed E-state index contributed by atoms with van der Waals surface area (Å²) in [5.41, 5.74) is 11.2. The van der Waals surface area contributed by atoms with Crippen molar-refractivity contribution in [3.05, 3.63) is 18.2 Å². The molecule has 0 saturated carbocycles. The van der Waals surface area contributed by atoms with Crippen molar-refractivity contribution in [1.29, 1.82) is 0 Å². The van der Waals surface area contributed by atoms with Gasteiger partial charge >= 0.3 is 0 Å². The first-order valence-electron chi connectivity index (χ1n) is 3.62. The van der Waals surface area contributed by atoms with E-state index in [2.05, 4.69) is 0 Å². The van der Waals surface area contributed by atoms with E-state index in [9.17, 15) is 8.42 Å². The molecule has 0 fully saturated rings. The number of alkyl halides is 3. The Morgan fingerprint density at radius 1 is 1.07 bits per heavy atom. The summed E-state index contributed by atoms with van der Waals surface area (Å²) in [6.45, 7) is 0. The molecule has 4 nitrogen and oxygen atoms in total. The van der Waals surface area contributed by atoms with Crippen LogP contribution < -0.4 is 11.5 Å². The summed E-state index contributed by atoms with van der Waals surface area (Å²) in [5.74, 6) is 0. The van der Waals surface area contributed by atoms with Crippen LogP contribution in [0.25, 0.3) is 0 Å². The zero-order chi connectivity index (χ0) is 11.9. The SMILES string of the molecule is Nc1ccc(S(=O)(=O)C(Cl)(Cl)Cl)cc1N. The van der Waals surface area contributed by atoms with E-state index in [0.717, 1.165) is 6.07 Å². The van der Waals surface area contributed by atoms with Gasteiger partial charge in [-0.15, -0.1) is 0 Å². The number of sulfone groups is 1. The highest BCUT2D eigenvalue weighted by molar-refractivity contribution is 7.97. The Bertz CT molecular complexity index is 481. The maximum Gasteiger partial charge on any atom is 0.296 e. The minimum absolute atomic E-state index is 0.116. The Kier molecular flexibility index (Phi) is 3.30. The van der Waals surface area contributed by atoms with Crippen LogP contribution >= 0.6 is 34.8 Å². The molecule has 1 aromatic rings. The summed E-state index contributed by atoms with van der Waals surface area (Å²) in [6.07, 6.45) is 0. The van der Waals surface area contributed by atoms with Crippen molar-refractivity contribution in [1.82, 2.24) is 0 Å². The molecule has 8 heteroatoms. The quantitative estimate of drug-likeness (QED) is 0.611. The highest BCUT2D eigenvalue weighted by Gasteiger charge is 2.39. The van der Waals surface area contributed by atoms with E-state index in [1.165, 1.54) is 12.1 Å². The lowest BCUT2D eigenvalue weighted by atomic mass is 10.3. The van der Waals surface area contributed by atoms with Gasteiger partial charge in [-0.25, -0.2) is 8.42 Å². The van der Waals surface area contributed by atoms with Crippen molar-refractivity contribution in [3.63, 3.8) is 0 Å². The summed E-state index contributed by atoms with van der Waals surface area (Å²) >= 11 is 16.0. The Morgan fingerprint density at radius 3 is 2.00 bits per heavy atom. The molecular formula is C7H7Cl3N2O2S. The average Bonchev–Trinajstić information content (AvgIpc) is 2.07. The molecule has 0 atom stereocenters. The van der Waals surface area contributed by atoms with Crippen LogP contribution in [0.2, 0.25) is 0 Å². The van der Waals surface area contributed by atoms with Crippen molar-refractivity contribution in [3.8, 4) is 0 Å². The molecule has 0 spiro atoms. The zero-order valence-corrected chi connectivity index (χ0v) is 10.3. The first-order chi connectivity index (χ1) is 6.66. The van der Waals surface area contributed by atoms with Gasteiger partial charge in [-0.05, 0) is 18.2 Å². The maximum absolute atomic E-state index is 11.6. The van der Waals surface area contributed by atoms with Crippen LogP contribution in [-0.4, -0.2) is 11.5 Å². The van der Waals surface area contributed by atoms with Gasteiger partial charge in [0.15, 0.2) is 0 Å². The summed E-state index contributed by atoms with van der Waals surface area (Å²) < 4.78 is 20.8. The van der Waals surface area contributed by atoms with Gasteiger partial charge in [0.05, 0.1) is 16.3 Å². The second kappa shape index (κ2) is 3.90. The van der Waals surface area contributed by atoms with Crippen molar-refractivity contribution >= 4 is 56.0 Å². The van der Waals surface area contributed by atoms with E-state index < -0.39 is 13.0 Å². The van der Waals surface area contributed by atoms with Gasteiger partial charge in [-0.3, -0.25) is 0 Å². The summed E-state index contributed by atoms with van der Waals surface area (Å²) in [4.78, 5) is -0.186. The monoisotopic (exact) mass is 288 g/mol. The number of nitrogens with two attached hydrogens (primary N) is 2.